The second-order valence-electron chi connectivity index (χ2n) is 6.72. The fourth-order valence-corrected chi connectivity index (χ4v) is 3.34. The minimum atomic E-state index is -1.05. The second kappa shape index (κ2) is 8.80. The molecule has 0 radical (unpaired) electrons. The number of fused-ring (bicyclic) bond motifs is 1. The van der Waals surface area contributed by atoms with Crippen molar-refractivity contribution >= 4 is 40.3 Å². The first-order chi connectivity index (χ1) is 14.6. The Hall–Kier alpha value is -3.63. The maximum atomic E-state index is 13.3. The highest BCUT2D eigenvalue weighted by molar-refractivity contribution is 6.30. The van der Waals surface area contributed by atoms with Gasteiger partial charge in [-0.25, -0.2) is 4.79 Å². The summed E-state index contributed by atoms with van der Waals surface area (Å²) in [4.78, 5) is 28.9. The molecule has 148 valence electrons. The lowest BCUT2D eigenvalue weighted by molar-refractivity contribution is -0.141. The molecule has 0 aliphatic rings. The monoisotopic (exact) mass is 415 g/mol. The van der Waals surface area contributed by atoms with Crippen molar-refractivity contribution in [2.24, 2.45) is 0 Å². The summed E-state index contributed by atoms with van der Waals surface area (Å²) in [5.41, 5.74) is 2.74. The normalized spacial score (nSPS) is 12.2. The van der Waals surface area contributed by atoms with Crippen LogP contribution in [0.3, 0.4) is 0 Å². The predicted octanol–water partition coefficient (Wildman–Crippen LogP) is 6.00. The molecule has 0 bridgehead atoms. The van der Waals surface area contributed by atoms with Gasteiger partial charge in [-0.1, -0.05) is 72.3 Å². The number of hydrogen-bond donors (Lipinski definition) is 1. The number of Topliss-reactive ketones (excluding diaryl/α,β-unsaturated/α-hetero) is 1. The van der Waals surface area contributed by atoms with Crippen molar-refractivity contribution < 1.29 is 14.3 Å². The molecule has 4 rings (SSSR count). The lowest BCUT2D eigenvalue weighted by Crippen LogP contribution is -2.19. The largest absolute Gasteiger partial charge is 0.446 e. The van der Waals surface area contributed by atoms with Crippen LogP contribution in [0, 0.1) is 0 Å². The van der Waals surface area contributed by atoms with Crippen molar-refractivity contribution in [1.29, 1.82) is 0 Å². The fraction of sp³-hybridized carbons (Fsp3) is 0.0400. The van der Waals surface area contributed by atoms with Crippen LogP contribution in [0.5, 0.6) is 0 Å². The van der Waals surface area contributed by atoms with Crippen LogP contribution in [-0.4, -0.2) is 16.7 Å². The zero-order chi connectivity index (χ0) is 20.9. The Morgan fingerprint density at radius 3 is 2.37 bits per heavy atom. The van der Waals surface area contributed by atoms with Crippen LogP contribution >= 0.6 is 11.6 Å². The molecular formula is C25H18ClNO3. The first kappa shape index (κ1) is 19.7. The molecule has 0 amide bonds. The molecule has 4 nitrogen and oxygen atoms in total. The number of ether oxygens (including phenoxy) is 1. The third-order valence-electron chi connectivity index (χ3n) is 4.71. The molecule has 30 heavy (non-hydrogen) atoms. The molecule has 5 heteroatoms. The summed E-state index contributed by atoms with van der Waals surface area (Å²) in [5.74, 6) is -0.890. The van der Waals surface area contributed by atoms with Gasteiger partial charge in [0.1, 0.15) is 0 Å². The molecule has 1 aromatic heterocycles. The third kappa shape index (κ3) is 4.34. The van der Waals surface area contributed by atoms with Gasteiger partial charge in [-0.15, -0.1) is 0 Å². The topological polar surface area (TPSA) is 59.2 Å². The fourth-order valence-electron chi connectivity index (χ4n) is 3.21. The summed E-state index contributed by atoms with van der Waals surface area (Å²) in [6, 6.07) is 23.6. The number of carbonyl (C=O) groups excluding carboxylic acids is 2. The van der Waals surface area contributed by atoms with Gasteiger partial charge in [0.15, 0.2) is 6.10 Å². The van der Waals surface area contributed by atoms with Crippen LogP contribution in [0.1, 0.15) is 27.6 Å². The summed E-state index contributed by atoms with van der Waals surface area (Å²) in [5, 5.41) is 1.40. The number of para-hydroxylation sites is 1. The molecule has 0 aliphatic carbocycles. The number of esters is 1. The van der Waals surface area contributed by atoms with E-state index >= 15 is 0 Å². The Kier molecular flexibility index (Phi) is 5.77. The molecule has 4 aromatic rings. The van der Waals surface area contributed by atoms with Crippen LogP contribution in [0.4, 0.5) is 0 Å². The predicted molar refractivity (Wildman–Crippen MR) is 118 cm³/mol. The minimum Gasteiger partial charge on any atom is -0.446 e. The van der Waals surface area contributed by atoms with Crippen LogP contribution in [0.25, 0.3) is 17.0 Å². The zero-order valence-corrected chi connectivity index (χ0v) is 16.7. The highest BCUT2D eigenvalue weighted by Crippen LogP contribution is 2.27. The van der Waals surface area contributed by atoms with Crippen LogP contribution < -0.4 is 0 Å². The van der Waals surface area contributed by atoms with E-state index in [4.69, 9.17) is 16.3 Å². The number of nitrogens with one attached hydrogen (secondary N) is 1. The Morgan fingerprint density at radius 2 is 1.60 bits per heavy atom. The molecule has 0 fully saturated rings. The minimum absolute atomic E-state index is 0.285. The highest BCUT2D eigenvalue weighted by atomic mass is 35.5. The van der Waals surface area contributed by atoms with E-state index in [0.717, 1.165) is 16.5 Å². The van der Waals surface area contributed by atoms with Crippen molar-refractivity contribution in [3.05, 3.63) is 113 Å². The summed E-state index contributed by atoms with van der Waals surface area (Å²) in [7, 11) is 0. The Labute approximate surface area is 178 Å². The number of ketones is 1. The molecular weight excluding hydrogens is 398 g/mol. The van der Waals surface area contributed by atoms with Crippen LogP contribution in [-0.2, 0) is 9.53 Å². The molecule has 1 N–H and O–H groups in total. The smallest absolute Gasteiger partial charge is 0.331 e. The van der Waals surface area contributed by atoms with Crippen LogP contribution in [0.15, 0.2) is 91.1 Å². The van der Waals surface area contributed by atoms with Crippen LogP contribution in [0.2, 0.25) is 5.02 Å². The lowest BCUT2D eigenvalue weighted by Gasteiger charge is -2.16. The van der Waals surface area contributed by atoms with Gasteiger partial charge in [0.25, 0.3) is 0 Å². The summed E-state index contributed by atoms with van der Waals surface area (Å²) in [6.45, 7) is 0. The molecule has 3 aromatic carbocycles. The van der Waals surface area contributed by atoms with E-state index in [-0.39, 0.29) is 5.78 Å². The summed E-state index contributed by atoms with van der Waals surface area (Å²) >= 11 is 5.88. The summed E-state index contributed by atoms with van der Waals surface area (Å²) < 4.78 is 5.60. The third-order valence-corrected chi connectivity index (χ3v) is 4.96. The Bertz CT molecular complexity index is 1210. The van der Waals surface area contributed by atoms with Crippen molar-refractivity contribution in [2.45, 2.75) is 6.10 Å². The molecule has 1 atom stereocenters. The lowest BCUT2D eigenvalue weighted by atomic mass is 9.99. The second-order valence-corrected chi connectivity index (χ2v) is 7.16. The van der Waals surface area contributed by atoms with Gasteiger partial charge in [0.05, 0.1) is 0 Å². The van der Waals surface area contributed by atoms with E-state index in [1.165, 1.54) is 6.08 Å². The number of rotatable bonds is 6. The van der Waals surface area contributed by atoms with Gasteiger partial charge in [-0.05, 0) is 29.8 Å². The van der Waals surface area contributed by atoms with Gasteiger partial charge in [-0.3, -0.25) is 4.79 Å². The van der Waals surface area contributed by atoms with Crippen molar-refractivity contribution in [3.63, 3.8) is 0 Å². The zero-order valence-electron chi connectivity index (χ0n) is 15.9. The number of hydrogen-bond acceptors (Lipinski definition) is 3. The summed E-state index contributed by atoms with van der Waals surface area (Å²) in [6.07, 6.45) is 3.53. The van der Waals surface area contributed by atoms with Crippen molar-refractivity contribution in [1.82, 2.24) is 4.98 Å². The average Bonchev–Trinajstić information content (AvgIpc) is 3.21. The molecule has 0 aliphatic heterocycles. The number of aromatic amines is 1. The first-order valence-electron chi connectivity index (χ1n) is 9.41. The SMILES string of the molecule is O=C(C=Cc1ccc(Cl)cc1)OC(C(=O)c1c[nH]c2ccccc12)c1ccccc1. The maximum absolute atomic E-state index is 13.3. The first-order valence-corrected chi connectivity index (χ1v) is 9.79. The van der Waals surface area contributed by atoms with Crippen molar-refractivity contribution in [2.75, 3.05) is 0 Å². The van der Waals surface area contributed by atoms with Gasteiger partial charge in [0, 0.05) is 39.3 Å². The molecule has 1 unspecified atom stereocenters. The van der Waals surface area contributed by atoms with E-state index < -0.39 is 12.1 Å². The number of aromatic nitrogens is 1. The van der Waals surface area contributed by atoms with E-state index in [1.54, 1.807) is 48.7 Å². The van der Waals surface area contributed by atoms with E-state index in [9.17, 15) is 9.59 Å². The van der Waals surface area contributed by atoms with E-state index in [2.05, 4.69) is 4.98 Å². The van der Waals surface area contributed by atoms with Gasteiger partial charge < -0.3 is 9.72 Å². The van der Waals surface area contributed by atoms with Gasteiger partial charge >= 0.3 is 5.97 Å². The molecule has 1 heterocycles. The Balaban J connectivity index is 1.61. The standard InChI is InChI=1S/C25H18ClNO3/c26-19-13-10-17(11-14-19)12-15-23(28)30-25(18-6-2-1-3-7-18)24(29)21-16-27-22-9-5-4-8-20(21)22/h1-16,25,27H. The number of halogens is 1. The Morgan fingerprint density at radius 1 is 0.900 bits per heavy atom. The maximum Gasteiger partial charge on any atom is 0.331 e. The molecule has 0 spiro atoms. The van der Waals surface area contributed by atoms with E-state index in [1.807, 2.05) is 42.5 Å². The van der Waals surface area contributed by atoms with E-state index in [0.29, 0.717) is 16.1 Å². The quantitative estimate of drug-likeness (QED) is 0.238. The number of benzene rings is 3. The number of carbonyl (C=O) groups is 2. The number of H-pyrrole nitrogens is 1. The molecule has 0 saturated heterocycles. The van der Waals surface area contributed by atoms with Crippen molar-refractivity contribution in [3.8, 4) is 0 Å². The van der Waals surface area contributed by atoms with Gasteiger partial charge in [0.2, 0.25) is 5.78 Å². The average molecular weight is 416 g/mol. The molecule has 0 saturated carbocycles. The highest BCUT2D eigenvalue weighted by Gasteiger charge is 2.27. The van der Waals surface area contributed by atoms with Gasteiger partial charge in [-0.2, -0.15) is 0 Å².